The molecule has 0 atom stereocenters. The minimum Gasteiger partial charge on any atom is -0.486 e. The van der Waals surface area contributed by atoms with Crippen molar-refractivity contribution < 1.29 is 14.3 Å². The molecule has 3 aliphatic rings. The quantitative estimate of drug-likeness (QED) is 0.719. The van der Waals surface area contributed by atoms with Crippen LogP contribution in [0.3, 0.4) is 0 Å². The molecule has 0 bridgehead atoms. The summed E-state index contributed by atoms with van der Waals surface area (Å²) in [5, 5.41) is 3.96. The van der Waals surface area contributed by atoms with Gasteiger partial charge in [-0.1, -0.05) is 18.9 Å². The van der Waals surface area contributed by atoms with E-state index in [-0.39, 0.29) is 5.41 Å². The summed E-state index contributed by atoms with van der Waals surface area (Å²) in [7, 11) is 0. The fourth-order valence-corrected chi connectivity index (χ4v) is 5.29. The van der Waals surface area contributed by atoms with Crippen LogP contribution < -0.4 is 20.5 Å². The number of rotatable bonds is 2. The van der Waals surface area contributed by atoms with Crippen molar-refractivity contribution >= 4 is 28.9 Å². The summed E-state index contributed by atoms with van der Waals surface area (Å²) in [6.45, 7) is 2.77. The lowest BCUT2D eigenvalue weighted by Gasteiger charge is -2.43. The number of nitrogens with one attached hydrogen (secondary N) is 1. The second-order valence-electron chi connectivity index (χ2n) is 8.37. The van der Waals surface area contributed by atoms with Crippen molar-refractivity contribution in [2.24, 2.45) is 5.73 Å². The SMILES string of the molecule is NC(=O)c1cccc(NC(=S)N2Cc3cc4c(cc3C3(CCCC3)C2)OCCO4)c1. The Morgan fingerprint density at radius 3 is 2.57 bits per heavy atom. The summed E-state index contributed by atoms with van der Waals surface area (Å²) in [4.78, 5) is 13.7. The summed E-state index contributed by atoms with van der Waals surface area (Å²) < 4.78 is 11.7. The first kappa shape index (κ1) is 19.2. The van der Waals surface area contributed by atoms with Gasteiger partial charge in [0.1, 0.15) is 13.2 Å². The van der Waals surface area contributed by atoms with E-state index in [2.05, 4.69) is 22.3 Å². The van der Waals surface area contributed by atoms with E-state index in [1.165, 1.54) is 24.0 Å². The topological polar surface area (TPSA) is 76.8 Å². The highest BCUT2D eigenvalue weighted by Gasteiger charge is 2.43. The van der Waals surface area contributed by atoms with Crippen molar-refractivity contribution in [3.05, 3.63) is 53.1 Å². The number of fused-ring (bicyclic) bond motifs is 3. The van der Waals surface area contributed by atoms with E-state index in [0.29, 0.717) is 23.9 Å². The van der Waals surface area contributed by atoms with Crippen LogP contribution in [0.25, 0.3) is 0 Å². The predicted octanol–water partition coefficient (Wildman–Crippen LogP) is 3.58. The maximum Gasteiger partial charge on any atom is 0.248 e. The first-order chi connectivity index (χ1) is 14.5. The summed E-state index contributed by atoms with van der Waals surface area (Å²) in [6, 6.07) is 11.5. The van der Waals surface area contributed by atoms with Crippen molar-refractivity contribution in [2.75, 3.05) is 25.1 Å². The van der Waals surface area contributed by atoms with Crippen LogP contribution in [0, 0.1) is 0 Å². The van der Waals surface area contributed by atoms with Crippen LogP contribution >= 0.6 is 12.2 Å². The average molecular weight is 424 g/mol. The van der Waals surface area contributed by atoms with Crippen LogP contribution in [-0.4, -0.2) is 35.7 Å². The zero-order valence-electron chi connectivity index (χ0n) is 16.8. The van der Waals surface area contributed by atoms with Gasteiger partial charge in [0.25, 0.3) is 0 Å². The Morgan fingerprint density at radius 1 is 1.10 bits per heavy atom. The van der Waals surface area contributed by atoms with Crippen LogP contribution in [0.4, 0.5) is 5.69 Å². The third-order valence-electron chi connectivity index (χ3n) is 6.44. The number of carbonyl (C=O) groups excluding carboxylic acids is 1. The van der Waals surface area contributed by atoms with Gasteiger partial charge in [-0.25, -0.2) is 0 Å². The molecule has 1 aliphatic carbocycles. The minimum absolute atomic E-state index is 0.0875. The number of nitrogens with zero attached hydrogens (tertiary/aromatic N) is 1. The van der Waals surface area contributed by atoms with Crippen molar-refractivity contribution in [3.63, 3.8) is 0 Å². The van der Waals surface area contributed by atoms with E-state index in [0.717, 1.165) is 43.1 Å². The first-order valence-electron chi connectivity index (χ1n) is 10.4. The zero-order chi connectivity index (χ0) is 20.7. The van der Waals surface area contributed by atoms with Crippen molar-refractivity contribution in [2.45, 2.75) is 37.6 Å². The lowest BCUT2D eigenvalue weighted by molar-refractivity contribution is 0.100. The number of hydrogen-bond donors (Lipinski definition) is 2. The van der Waals surface area contributed by atoms with Gasteiger partial charge in [0.15, 0.2) is 16.6 Å². The van der Waals surface area contributed by atoms with Crippen LogP contribution in [-0.2, 0) is 12.0 Å². The van der Waals surface area contributed by atoms with Gasteiger partial charge in [-0.15, -0.1) is 0 Å². The molecule has 3 N–H and O–H groups in total. The zero-order valence-corrected chi connectivity index (χ0v) is 17.6. The summed E-state index contributed by atoms with van der Waals surface area (Å²) in [5.41, 5.74) is 9.37. The van der Waals surface area contributed by atoms with E-state index in [9.17, 15) is 4.79 Å². The van der Waals surface area contributed by atoms with E-state index < -0.39 is 5.91 Å². The molecule has 1 fully saturated rings. The second-order valence-corrected chi connectivity index (χ2v) is 8.76. The van der Waals surface area contributed by atoms with Crippen molar-refractivity contribution in [1.29, 1.82) is 0 Å². The number of nitrogens with two attached hydrogens (primary N) is 1. The Hall–Kier alpha value is -2.80. The molecule has 1 spiro atoms. The Labute approximate surface area is 181 Å². The molecule has 6 nitrogen and oxygen atoms in total. The van der Waals surface area contributed by atoms with Gasteiger partial charge in [-0.2, -0.15) is 0 Å². The van der Waals surface area contributed by atoms with Gasteiger partial charge in [0.2, 0.25) is 5.91 Å². The van der Waals surface area contributed by atoms with Gasteiger partial charge in [0.05, 0.1) is 0 Å². The summed E-state index contributed by atoms with van der Waals surface area (Å²) >= 11 is 5.78. The van der Waals surface area contributed by atoms with E-state index >= 15 is 0 Å². The van der Waals surface area contributed by atoms with Crippen LogP contribution in [0.15, 0.2) is 36.4 Å². The predicted molar refractivity (Wildman–Crippen MR) is 119 cm³/mol. The van der Waals surface area contributed by atoms with Crippen LogP contribution in [0.5, 0.6) is 11.5 Å². The van der Waals surface area contributed by atoms with E-state index in [1.807, 2.05) is 6.07 Å². The summed E-state index contributed by atoms with van der Waals surface area (Å²) in [6.07, 6.45) is 4.75. The molecule has 2 aliphatic heterocycles. The molecule has 1 saturated carbocycles. The molecule has 2 aromatic rings. The molecular formula is C23H25N3O3S. The molecule has 0 aromatic heterocycles. The normalized spacial score (nSPS) is 18.7. The van der Waals surface area contributed by atoms with Gasteiger partial charge >= 0.3 is 0 Å². The third kappa shape index (κ3) is 3.37. The molecule has 30 heavy (non-hydrogen) atoms. The standard InChI is InChI=1S/C23H25N3O3S/c24-21(27)15-4-3-5-17(10-15)25-22(30)26-13-16-11-19-20(29-9-8-28-19)12-18(16)23(14-26)6-1-2-7-23/h3-5,10-12H,1-2,6-9,13-14H2,(H2,24,27)(H,25,30). The summed E-state index contributed by atoms with van der Waals surface area (Å²) in [5.74, 6) is 1.24. The maximum atomic E-state index is 11.5. The number of anilines is 1. The van der Waals surface area contributed by atoms with Gasteiger partial charge in [-0.3, -0.25) is 4.79 Å². The fourth-order valence-electron chi connectivity index (χ4n) is 5.04. The highest BCUT2D eigenvalue weighted by Crippen LogP contribution is 2.49. The highest BCUT2D eigenvalue weighted by atomic mass is 32.1. The Kier molecular flexibility index (Phi) is 4.77. The molecule has 5 rings (SSSR count). The van der Waals surface area contributed by atoms with Crippen LogP contribution in [0.2, 0.25) is 0 Å². The molecule has 0 radical (unpaired) electrons. The number of hydrogen-bond acceptors (Lipinski definition) is 4. The van der Waals surface area contributed by atoms with Gasteiger partial charge in [-0.05, 0) is 66.5 Å². The fraction of sp³-hybridized carbons (Fsp3) is 0.391. The smallest absolute Gasteiger partial charge is 0.248 e. The third-order valence-corrected chi connectivity index (χ3v) is 6.80. The van der Waals surface area contributed by atoms with Gasteiger partial charge in [0, 0.05) is 29.8 Å². The average Bonchev–Trinajstić information content (AvgIpc) is 3.21. The monoisotopic (exact) mass is 423 g/mol. The Bertz CT molecular complexity index is 1020. The maximum absolute atomic E-state index is 11.5. The number of primary amides is 1. The molecule has 7 heteroatoms. The molecule has 2 heterocycles. The second kappa shape index (κ2) is 7.47. The Morgan fingerprint density at radius 2 is 1.83 bits per heavy atom. The first-order valence-corrected chi connectivity index (χ1v) is 10.8. The molecule has 0 unspecified atom stereocenters. The number of benzene rings is 2. The lowest BCUT2D eigenvalue weighted by atomic mass is 9.73. The Balaban J connectivity index is 1.44. The minimum atomic E-state index is -0.451. The van der Waals surface area contributed by atoms with Crippen molar-refractivity contribution in [1.82, 2.24) is 4.90 Å². The molecule has 156 valence electrons. The van der Waals surface area contributed by atoms with E-state index in [4.69, 9.17) is 27.4 Å². The largest absolute Gasteiger partial charge is 0.486 e. The molecule has 1 amide bonds. The van der Waals surface area contributed by atoms with Crippen molar-refractivity contribution in [3.8, 4) is 11.5 Å². The number of ether oxygens (including phenoxy) is 2. The van der Waals surface area contributed by atoms with E-state index in [1.54, 1.807) is 18.2 Å². The van der Waals surface area contributed by atoms with Gasteiger partial charge < -0.3 is 25.4 Å². The number of amides is 1. The molecule has 2 aromatic carbocycles. The number of carbonyl (C=O) groups is 1. The lowest BCUT2D eigenvalue weighted by Crippen LogP contribution is -2.48. The molecule has 0 saturated heterocycles. The highest BCUT2D eigenvalue weighted by molar-refractivity contribution is 7.80. The van der Waals surface area contributed by atoms with Crippen LogP contribution in [0.1, 0.15) is 47.2 Å². The number of thiocarbonyl (C=S) groups is 1. The molecular weight excluding hydrogens is 398 g/mol.